The Kier molecular flexibility index (Phi) is 6.49. The van der Waals surface area contributed by atoms with Gasteiger partial charge in [0.05, 0.1) is 17.8 Å². The Bertz CT molecular complexity index is 1200. The summed E-state index contributed by atoms with van der Waals surface area (Å²) in [6.45, 7) is 3.13. The molecule has 2 aromatic carbocycles. The van der Waals surface area contributed by atoms with Crippen molar-refractivity contribution in [1.82, 2.24) is 4.90 Å². The van der Waals surface area contributed by atoms with Crippen LogP contribution >= 0.6 is 0 Å². The number of ether oxygens (including phenoxy) is 1. The average molecular weight is 491 g/mol. The lowest BCUT2D eigenvalue weighted by Crippen LogP contribution is -2.65. The molecular weight excluding hydrogens is 460 g/mol. The number of fused-ring (bicyclic) bond motifs is 3. The van der Waals surface area contributed by atoms with Gasteiger partial charge in [-0.25, -0.2) is 9.69 Å². The van der Waals surface area contributed by atoms with Gasteiger partial charge in [-0.05, 0) is 50.1 Å². The second-order valence-corrected chi connectivity index (χ2v) is 9.76. The number of amides is 5. The molecule has 9 nitrogen and oxygen atoms in total. The fourth-order valence-corrected chi connectivity index (χ4v) is 5.59. The molecule has 3 aliphatic rings. The first-order valence-electron chi connectivity index (χ1n) is 12.4. The second-order valence-electron chi connectivity index (χ2n) is 9.76. The Morgan fingerprint density at radius 2 is 1.69 bits per heavy atom. The Labute approximate surface area is 209 Å². The van der Waals surface area contributed by atoms with Gasteiger partial charge in [-0.15, -0.1) is 0 Å². The van der Waals surface area contributed by atoms with Crippen LogP contribution in [0.25, 0.3) is 0 Å². The number of aryl methyl sites for hydroxylation is 1. The smallest absolute Gasteiger partial charge is 0.332 e. The minimum absolute atomic E-state index is 0.0210. The summed E-state index contributed by atoms with van der Waals surface area (Å²) in [5, 5.41) is 5.51. The first-order chi connectivity index (χ1) is 17.3. The number of imide groups is 1. The van der Waals surface area contributed by atoms with Gasteiger partial charge < -0.3 is 20.3 Å². The molecule has 2 saturated heterocycles. The minimum Gasteiger partial charge on any atom is -0.363 e. The van der Waals surface area contributed by atoms with Crippen LogP contribution in [0.1, 0.15) is 38.2 Å². The Hall–Kier alpha value is -3.72. The third-order valence-corrected chi connectivity index (χ3v) is 7.16. The highest BCUT2D eigenvalue weighted by Gasteiger charge is 2.58. The SMILES string of the molecule is CC(=O)Nc1cccc(NC(=O)CN2C(=O)N(c3ccc(C)cc3)C(=O)C3OC4CCCCC4C32)c1. The molecule has 9 heteroatoms. The van der Waals surface area contributed by atoms with Crippen LogP contribution in [0.2, 0.25) is 0 Å². The number of hydrogen-bond acceptors (Lipinski definition) is 5. The molecule has 2 aliphatic heterocycles. The van der Waals surface area contributed by atoms with Gasteiger partial charge in [-0.1, -0.05) is 36.6 Å². The van der Waals surface area contributed by atoms with Crippen LogP contribution in [0.3, 0.4) is 0 Å². The fraction of sp³-hybridized carbons (Fsp3) is 0.407. The number of carbonyl (C=O) groups excluding carboxylic acids is 4. The highest BCUT2D eigenvalue weighted by atomic mass is 16.5. The number of nitrogens with one attached hydrogen (secondary N) is 2. The van der Waals surface area contributed by atoms with Crippen LogP contribution in [-0.2, 0) is 19.1 Å². The Morgan fingerprint density at radius 1 is 1.00 bits per heavy atom. The van der Waals surface area contributed by atoms with E-state index in [4.69, 9.17) is 4.74 Å². The van der Waals surface area contributed by atoms with Gasteiger partial charge in [-0.2, -0.15) is 0 Å². The molecule has 5 amide bonds. The molecule has 2 N–H and O–H groups in total. The zero-order chi connectivity index (χ0) is 25.4. The molecule has 188 valence electrons. The number of nitrogens with zero attached hydrogens (tertiary/aromatic N) is 2. The van der Waals surface area contributed by atoms with Crippen molar-refractivity contribution in [3.05, 3.63) is 54.1 Å². The first-order valence-corrected chi connectivity index (χ1v) is 12.4. The lowest BCUT2D eigenvalue weighted by Gasteiger charge is -2.42. The molecule has 5 rings (SSSR count). The molecule has 0 aromatic heterocycles. The topological polar surface area (TPSA) is 108 Å². The van der Waals surface area contributed by atoms with Crippen LogP contribution in [0, 0.1) is 12.8 Å². The van der Waals surface area contributed by atoms with Crippen molar-refractivity contribution in [2.45, 2.75) is 57.8 Å². The lowest BCUT2D eigenvalue weighted by molar-refractivity contribution is -0.133. The van der Waals surface area contributed by atoms with E-state index in [0.717, 1.165) is 36.1 Å². The van der Waals surface area contributed by atoms with E-state index in [0.29, 0.717) is 17.1 Å². The molecule has 1 saturated carbocycles. The summed E-state index contributed by atoms with van der Waals surface area (Å²) in [5.74, 6) is -0.956. The number of benzene rings is 2. The van der Waals surface area contributed by atoms with Crippen LogP contribution in [0.4, 0.5) is 21.9 Å². The largest absolute Gasteiger partial charge is 0.363 e. The van der Waals surface area contributed by atoms with Crippen LogP contribution in [0.5, 0.6) is 0 Å². The van der Waals surface area contributed by atoms with E-state index in [2.05, 4.69) is 10.6 Å². The number of rotatable bonds is 5. The average Bonchev–Trinajstić information content (AvgIpc) is 3.23. The maximum atomic E-state index is 13.7. The zero-order valence-electron chi connectivity index (χ0n) is 20.4. The molecule has 3 fully saturated rings. The molecule has 0 bridgehead atoms. The summed E-state index contributed by atoms with van der Waals surface area (Å²) < 4.78 is 6.23. The summed E-state index contributed by atoms with van der Waals surface area (Å²) in [6.07, 6.45) is 2.84. The number of anilines is 3. The molecule has 4 atom stereocenters. The molecule has 1 aliphatic carbocycles. The fourth-order valence-electron chi connectivity index (χ4n) is 5.59. The highest BCUT2D eigenvalue weighted by molar-refractivity contribution is 6.18. The van der Waals surface area contributed by atoms with Gasteiger partial charge in [0, 0.05) is 24.2 Å². The molecular formula is C27H30N4O5. The van der Waals surface area contributed by atoms with Crippen LogP contribution in [0.15, 0.2) is 48.5 Å². The summed E-state index contributed by atoms with van der Waals surface area (Å²) >= 11 is 0. The Balaban J connectivity index is 1.42. The minimum atomic E-state index is -0.798. The van der Waals surface area contributed by atoms with E-state index in [1.54, 1.807) is 36.4 Å². The quantitative estimate of drug-likeness (QED) is 0.665. The number of urea groups is 1. The summed E-state index contributed by atoms with van der Waals surface area (Å²) in [6, 6.07) is 13.0. The molecule has 36 heavy (non-hydrogen) atoms. The highest BCUT2D eigenvalue weighted by Crippen LogP contribution is 2.43. The van der Waals surface area contributed by atoms with E-state index >= 15 is 0 Å². The number of carbonyl (C=O) groups is 4. The number of hydrogen-bond donors (Lipinski definition) is 2. The maximum absolute atomic E-state index is 13.7. The standard InChI is InChI=1S/C27H30N4O5/c1-16-10-12-20(13-11-16)31-26(34)25-24(21-8-3-4-9-22(21)36-25)30(27(31)35)15-23(33)29-19-7-5-6-18(14-19)28-17(2)32/h5-7,10-14,21-22,24-25H,3-4,8-9,15H2,1-2H3,(H,28,32)(H,29,33). The third kappa shape index (κ3) is 4.58. The van der Waals surface area contributed by atoms with Crippen LogP contribution < -0.4 is 15.5 Å². The molecule has 2 aromatic rings. The van der Waals surface area contributed by atoms with E-state index in [9.17, 15) is 19.2 Å². The van der Waals surface area contributed by atoms with Gasteiger partial charge in [-0.3, -0.25) is 14.4 Å². The van der Waals surface area contributed by atoms with Gasteiger partial charge in [0.15, 0.2) is 6.10 Å². The van der Waals surface area contributed by atoms with Gasteiger partial charge >= 0.3 is 6.03 Å². The van der Waals surface area contributed by atoms with Crippen molar-refractivity contribution in [1.29, 1.82) is 0 Å². The van der Waals surface area contributed by atoms with Crippen molar-refractivity contribution in [3.63, 3.8) is 0 Å². The van der Waals surface area contributed by atoms with Crippen molar-refractivity contribution in [2.24, 2.45) is 5.92 Å². The van der Waals surface area contributed by atoms with Crippen LogP contribution in [-0.4, -0.2) is 53.4 Å². The predicted molar refractivity (Wildman–Crippen MR) is 135 cm³/mol. The lowest BCUT2D eigenvalue weighted by atomic mass is 9.81. The third-order valence-electron chi connectivity index (χ3n) is 7.16. The van der Waals surface area contributed by atoms with E-state index in [1.807, 2.05) is 19.1 Å². The molecule has 0 radical (unpaired) electrons. The molecule has 2 heterocycles. The second kappa shape index (κ2) is 9.73. The van der Waals surface area contributed by atoms with E-state index in [-0.39, 0.29) is 36.3 Å². The first kappa shape index (κ1) is 24.0. The van der Waals surface area contributed by atoms with E-state index < -0.39 is 18.2 Å². The van der Waals surface area contributed by atoms with Crippen molar-refractivity contribution >= 4 is 40.8 Å². The summed E-state index contributed by atoms with van der Waals surface area (Å²) in [4.78, 5) is 54.4. The predicted octanol–water partition coefficient (Wildman–Crippen LogP) is 3.69. The zero-order valence-corrected chi connectivity index (χ0v) is 20.4. The van der Waals surface area contributed by atoms with E-state index in [1.165, 1.54) is 11.8 Å². The van der Waals surface area contributed by atoms with Gasteiger partial charge in [0.1, 0.15) is 6.54 Å². The Morgan fingerprint density at radius 3 is 2.42 bits per heavy atom. The van der Waals surface area contributed by atoms with Gasteiger partial charge in [0.25, 0.3) is 5.91 Å². The normalized spacial score (nSPS) is 25.3. The summed E-state index contributed by atoms with van der Waals surface area (Å²) in [5.41, 5.74) is 2.52. The molecule has 0 spiro atoms. The van der Waals surface area contributed by atoms with Crippen molar-refractivity contribution in [2.75, 3.05) is 22.1 Å². The monoisotopic (exact) mass is 490 g/mol. The van der Waals surface area contributed by atoms with Crippen molar-refractivity contribution < 1.29 is 23.9 Å². The summed E-state index contributed by atoms with van der Waals surface area (Å²) in [7, 11) is 0. The van der Waals surface area contributed by atoms with Crippen molar-refractivity contribution in [3.8, 4) is 0 Å². The van der Waals surface area contributed by atoms with Gasteiger partial charge in [0.2, 0.25) is 11.8 Å². The maximum Gasteiger partial charge on any atom is 0.332 e. The molecule has 4 unspecified atom stereocenters.